The zero-order valence-electron chi connectivity index (χ0n) is 27.3. The Morgan fingerprint density at radius 2 is 1.18 bits per heavy atom. The second-order valence-electron chi connectivity index (χ2n) is 14.1. The molecule has 2 aromatic heterocycles. The standard InChI is InChI=1S/C47H31NS/c1-47(2)39-16-7-5-12-34(39)37-26-38-42(27-40(37)47)48(41-25-22-30-19-18-28-10-3-4-11-32(28)44(30)45(38)41)31-23-20-29(21-24-31)33-14-9-15-36-35-13-6-8-17-43(35)49-46(33)36/h3-27H,1-2H3. The zero-order chi connectivity index (χ0) is 32.4. The van der Waals surface area contributed by atoms with Crippen molar-refractivity contribution in [2.24, 2.45) is 0 Å². The highest BCUT2D eigenvalue weighted by atomic mass is 32.1. The van der Waals surface area contributed by atoms with Crippen molar-refractivity contribution in [2.45, 2.75) is 19.3 Å². The lowest BCUT2D eigenvalue weighted by molar-refractivity contribution is 0.661. The number of nitrogens with zero attached hydrogens (tertiary/aromatic N) is 1. The van der Waals surface area contributed by atoms with Gasteiger partial charge in [0.25, 0.3) is 0 Å². The van der Waals surface area contributed by atoms with Crippen LogP contribution in [0.1, 0.15) is 25.0 Å². The smallest absolute Gasteiger partial charge is 0.0547 e. The van der Waals surface area contributed by atoms with E-state index >= 15 is 0 Å². The van der Waals surface area contributed by atoms with Gasteiger partial charge in [-0.15, -0.1) is 11.3 Å². The first-order chi connectivity index (χ1) is 24.1. The third kappa shape index (κ3) is 3.64. The average Bonchev–Trinajstić information content (AvgIpc) is 3.76. The van der Waals surface area contributed by atoms with E-state index in [0.717, 1.165) is 0 Å². The SMILES string of the molecule is CC1(C)c2ccccc2-c2cc3c4c5c(ccc6ccccc65)ccc4n(-c4ccc(-c5cccc6c5sc5ccccc56)cc4)c3cc21. The van der Waals surface area contributed by atoms with E-state index in [0.29, 0.717) is 0 Å². The van der Waals surface area contributed by atoms with E-state index in [1.165, 1.54) is 103 Å². The first-order valence-electron chi connectivity index (χ1n) is 17.1. The summed E-state index contributed by atoms with van der Waals surface area (Å²) in [4.78, 5) is 0. The minimum atomic E-state index is -0.0804. The number of benzene rings is 8. The summed E-state index contributed by atoms with van der Waals surface area (Å²) in [5.74, 6) is 0. The van der Waals surface area contributed by atoms with Crippen molar-refractivity contribution in [1.29, 1.82) is 0 Å². The molecule has 10 aromatic rings. The van der Waals surface area contributed by atoms with Crippen LogP contribution < -0.4 is 0 Å². The largest absolute Gasteiger partial charge is 0.309 e. The van der Waals surface area contributed by atoms with Crippen molar-refractivity contribution in [3.63, 3.8) is 0 Å². The molecule has 0 amide bonds. The number of rotatable bonds is 2. The molecule has 1 aliphatic rings. The third-order valence-corrected chi connectivity index (χ3v) is 12.4. The lowest BCUT2D eigenvalue weighted by Crippen LogP contribution is -2.14. The van der Waals surface area contributed by atoms with Gasteiger partial charge in [-0.25, -0.2) is 0 Å². The molecule has 0 aliphatic heterocycles. The summed E-state index contributed by atoms with van der Waals surface area (Å²) in [5, 5.41) is 10.5. The van der Waals surface area contributed by atoms with Gasteiger partial charge in [0.15, 0.2) is 0 Å². The minimum Gasteiger partial charge on any atom is -0.309 e. The van der Waals surface area contributed by atoms with E-state index in [1.807, 2.05) is 11.3 Å². The van der Waals surface area contributed by atoms with Gasteiger partial charge in [-0.3, -0.25) is 0 Å². The number of thiophene rings is 1. The van der Waals surface area contributed by atoms with Crippen LogP contribution in [0, 0.1) is 0 Å². The van der Waals surface area contributed by atoms with Gasteiger partial charge in [0, 0.05) is 42.0 Å². The summed E-state index contributed by atoms with van der Waals surface area (Å²) in [6.45, 7) is 4.76. The fourth-order valence-corrected chi connectivity index (χ4v) is 10.1. The van der Waals surface area contributed by atoms with Gasteiger partial charge in [-0.05, 0) is 91.3 Å². The van der Waals surface area contributed by atoms with Crippen LogP contribution in [0.5, 0.6) is 0 Å². The molecule has 2 heterocycles. The minimum absolute atomic E-state index is 0.0804. The van der Waals surface area contributed by atoms with E-state index in [1.54, 1.807) is 0 Å². The normalized spacial score (nSPS) is 13.7. The molecule has 0 spiro atoms. The second kappa shape index (κ2) is 9.69. The number of aromatic nitrogens is 1. The predicted octanol–water partition coefficient (Wildman–Crippen LogP) is 13.4. The fourth-order valence-electron chi connectivity index (χ4n) is 8.84. The van der Waals surface area contributed by atoms with Gasteiger partial charge in [0.05, 0.1) is 11.0 Å². The topological polar surface area (TPSA) is 4.93 Å². The molecule has 11 rings (SSSR count). The highest BCUT2D eigenvalue weighted by molar-refractivity contribution is 7.26. The average molecular weight is 642 g/mol. The Kier molecular flexibility index (Phi) is 5.39. The van der Waals surface area contributed by atoms with E-state index < -0.39 is 0 Å². The summed E-state index contributed by atoms with van der Waals surface area (Å²) in [7, 11) is 0. The first kappa shape index (κ1) is 27.3. The Morgan fingerprint density at radius 1 is 0.469 bits per heavy atom. The lowest BCUT2D eigenvalue weighted by Gasteiger charge is -2.21. The monoisotopic (exact) mass is 641 g/mol. The van der Waals surface area contributed by atoms with Gasteiger partial charge in [0.2, 0.25) is 0 Å². The molecule has 0 atom stereocenters. The Labute approximate surface area is 288 Å². The van der Waals surface area contributed by atoms with Crippen LogP contribution in [-0.2, 0) is 5.41 Å². The molecular formula is C47H31NS. The van der Waals surface area contributed by atoms with Crippen LogP contribution >= 0.6 is 11.3 Å². The first-order valence-corrected chi connectivity index (χ1v) is 17.9. The van der Waals surface area contributed by atoms with Crippen molar-refractivity contribution in [3.05, 3.63) is 163 Å². The molecule has 0 fully saturated rings. The van der Waals surface area contributed by atoms with Crippen LogP contribution in [0.2, 0.25) is 0 Å². The van der Waals surface area contributed by atoms with Crippen molar-refractivity contribution in [2.75, 3.05) is 0 Å². The second-order valence-corrected chi connectivity index (χ2v) is 15.1. The maximum absolute atomic E-state index is 2.51. The molecule has 49 heavy (non-hydrogen) atoms. The quantitative estimate of drug-likeness (QED) is 0.166. The summed E-state index contributed by atoms with van der Waals surface area (Å²) >= 11 is 1.89. The van der Waals surface area contributed by atoms with Crippen molar-refractivity contribution < 1.29 is 0 Å². The van der Waals surface area contributed by atoms with Crippen LogP contribution in [0.3, 0.4) is 0 Å². The maximum atomic E-state index is 2.51. The number of hydrogen-bond acceptors (Lipinski definition) is 1. The number of fused-ring (bicyclic) bond motifs is 13. The van der Waals surface area contributed by atoms with Gasteiger partial charge < -0.3 is 4.57 Å². The summed E-state index contributed by atoms with van der Waals surface area (Å²) < 4.78 is 5.20. The van der Waals surface area contributed by atoms with Crippen molar-refractivity contribution >= 4 is 74.9 Å². The van der Waals surface area contributed by atoms with Crippen LogP contribution in [0.4, 0.5) is 0 Å². The van der Waals surface area contributed by atoms with Crippen LogP contribution in [0.15, 0.2) is 152 Å². The Morgan fingerprint density at radius 3 is 2.08 bits per heavy atom. The Hall–Kier alpha value is -5.70. The van der Waals surface area contributed by atoms with E-state index in [9.17, 15) is 0 Å². The van der Waals surface area contributed by atoms with Crippen molar-refractivity contribution in [1.82, 2.24) is 4.57 Å². The molecule has 1 aliphatic carbocycles. The molecule has 0 bridgehead atoms. The summed E-state index contributed by atoms with van der Waals surface area (Å²) in [5.41, 5.74) is 11.7. The number of hydrogen-bond donors (Lipinski definition) is 0. The lowest BCUT2D eigenvalue weighted by atomic mass is 9.82. The maximum Gasteiger partial charge on any atom is 0.0547 e. The molecule has 0 radical (unpaired) electrons. The van der Waals surface area contributed by atoms with Crippen LogP contribution in [-0.4, -0.2) is 4.57 Å². The molecule has 0 N–H and O–H groups in total. The van der Waals surface area contributed by atoms with E-state index in [4.69, 9.17) is 0 Å². The highest BCUT2D eigenvalue weighted by Crippen LogP contribution is 2.52. The molecule has 0 saturated heterocycles. The van der Waals surface area contributed by atoms with Crippen molar-refractivity contribution in [3.8, 4) is 27.9 Å². The Balaban J connectivity index is 1.21. The summed E-state index contributed by atoms with van der Waals surface area (Å²) in [6, 6.07) is 56.8. The zero-order valence-corrected chi connectivity index (χ0v) is 28.1. The van der Waals surface area contributed by atoms with E-state index in [2.05, 4.69) is 170 Å². The third-order valence-electron chi connectivity index (χ3n) is 11.2. The molecule has 1 nitrogen and oxygen atoms in total. The van der Waals surface area contributed by atoms with Crippen LogP contribution in [0.25, 0.3) is 91.5 Å². The molecule has 8 aromatic carbocycles. The molecule has 2 heteroatoms. The van der Waals surface area contributed by atoms with Gasteiger partial charge in [0.1, 0.15) is 0 Å². The fraction of sp³-hybridized carbons (Fsp3) is 0.0638. The molecule has 0 saturated carbocycles. The molecular weight excluding hydrogens is 611 g/mol. The molecule has 0 unspecified atom stereocenters. The summed E-state index contributed by atoms with van der Waals surface area (Å²) in [6.07, 6.45) is 0. The molecule has 230 valence electrons. The Bertz CT molecular complexity index is 3010. The van der Waals surface area contributed by atoms with E-state index in [-0.39, 0.29) is 5.41 Å². The van der Waals surface area contributed by atoms with Gasteiger partial charge >= 0.3 is 0 Å². The van der Waals surface area contributed by atoms with Gasteiger partial charge in [-0.2, -0.15) is 0 Å². The highest BCUT2D eigenvalue weighted by Gasteiger charge is 2.36. The predicted molar refractivity (Wildman–Crippen MR) is 212 cm³/mol. The van der Waals surface area contributed by atoms with Gasteiger partial charge in [-0.1, -0.05) is 129 Å².